The fourth-order valence-electron chi connectivity index (χ4n) is 5.40. The van der Waals surface area contributed by atoms with Crippen LogP contribution in [0.2, 0.25) is 5.02 Å². The first-order chi connectivity index (χ1) is 26.3. The first kappa shape index (κ1) is 43.3. The molecule has 1 aromatic carbocycles. The monoisotopic (exact) mass is 886 g/mol. The third-order valence-corrected chi connectivity index (χ3v) is 11.8. The maximum Gasteiger partial charge on any atom is 0.498 e. The number of methoxy groups -OCH3 is 1. The van der Waals surface area contributed by atoms with Crippen molar-refractivity contribution >= 4 is 76.8 Å². The van der Waals surface area contributed by atoms with Crippen LogP contribution in [0.25, 0.3) is 0 Å². The Balaban J connectivity index is 1.28. The smallest absolute Gasteiger partial charge is 0.493 e. The van der Waals surface area contributed by atoms with Crippen LogP contribution in [0.1, 0.15) is 62.7 Å². The number of nitrogens with one attached hydrogen (secondary N) is 3. The van der Waals surface area contributed by atoms with Crippen LogP contribution in [0, 0.1) is 0 Å². The lowest BCUT2D eigenvalue weighted by Crippen LogP contribution is -2.41. The summed E-state index contributed by atoms with van der Waals surface area (Å²) in [6.07, 6.45) is -0.489. The van der Waals surface area contributed by atoms with E-state index in [1.54, 1.807) is 23.9 Å². The van der Waals surface area contributed by atoms with Gasteiger partial charge in [-0.05, 0) is 80.7 Å². The molecule has 302 valence electrons. The quantitative estimate of drug-likeness (QED) is 0.0438. The number of ether oxygens (including phenoxy) is 1. The van der Waals surface area contributed by atoms with Crippen molar-refractivity contribution in [1.29, 1.82) is 0 Å². The lowest BCUT2D eigenvalue weighted by atomic mass is 9.82. The normalized spacial score (nSPS) is 16.0. The van der Waals surface area contributed by atoms with E-state index in [0.29, 0.717) is 29.3 Å². The molecular weight excluding hydrogens is 847 g/mol. The third-order valence-electron chi connectivity index (χ3n) is 8.97. The highest BCUT2D eigenvalue weighted by atomic mass is 79.9. The molecule has 1 fully saturated rings. The van der Waals surface area contributed by atoms with E-state index >= 15 is 0 Å². The molecule has 5 rings (SSSR count). The van der Waals surface area contributed by atoms with E-state index in [9.17, 15) is 22.5 Å². The molecule has 1 saturated heterocycles. The van der Waals surface area contributed by atoms with Gasteiger partial charge in [0.25, 0.3) is 5.91 Å². The number of benzene rings is 1. The summed E-state index contributed by atoms with van der Waals surface area (Å²) in [4.78, 5) is 24.4. The summed E-state index contributed by atoms with van der Waals surface area (Å²) in [5.74, 6) is -1.49. The highest BCUT2D eigenvalue weighted by Gasteiger charge is 2.52. The summed E-state index contributed by atoms with van der Waals surface area (Å²) < 4.78 is 87.2. The van der Waals surface area contributed by atoms with Gasteiger partial charge in [0.1, 0.15) is 16.0 Å². The Labute approximate surface area is 335 Å². The number of rotatable bonds is 16. The molecular formula is C34H41BBrClF3N8O7P. The molecule has 1 amide bonds. The number of amides is 1. The van der Waals surface area contributed by atoms with Gasteiger partial charge in [0.05, 0.1) is 54.1 Å². The number of alkyl halides is 3. The topological polar surface area (TPSA) is 173 Å². The first-order valence-electron chi connectivity index (χ1n) is 17.3. The van der Waals surface area contributed by atoms with E-state index in [-0.39, 0.29) is 53.2 Å². The maximum absolute atomic E-state index is 14.0. The van der Waals surface area contributed by atoms with Gasteiger partial charge in [-0.1, -0.05) is 17.7 Å². The molecule has 0 radical (unpaired) electrons. The van der Waals surface area contributed by atoms with E-state index < -0.39 is 49.4 Å². The predicted molar refractivity (Wildman–Crippen MR) is 208 cm³/mol. The number of carbonyl (C=O) groups is 1. The molecule has 1 aliphatic heterocycles. The fraction of sp³-hybridized carbons (Fsp3) is 0.441. The van der Waals surface area contributed by atoms with Crippen LogP contribution < -0.4 is 26.2 Å². The fourth-order valence-corrected chi connectivity index (χ4v) is 7.85. The van der Waals surface area contributed by atoms with Gasteiger partial charge in [-0.15, -0.1) is 0 Å². The largest absolute Gasteiger partial charge is 0.498 e. The molecule has 3 N–H and O–H groups in total. The van der Waals surface area contributed by atoms with Gasteiger partial charge in [0.15, 0.2) is 11.4 Å². The minimum Gasteiger partial charge on any atom is -0.493 e. The number of anilines is 4. The van der Waals surface area contributed by atoms with E-state index in [4.69, 9.17) is 34.7 Å². The van der Waals surface area contributed by atoms with Crippen LogP contribution >= 0.6 is 35.1 Å². The van der Waals surface area contributed by atoms with Crippen LogP contribution in [-0.2, 0) is 41.8 Å². The van der Waals surface area contributed by atoms with Crippen molar-refractivity contribution in [3.63, 3.8) is 0 Å². The van der Waals surface area contributed by atoms with Crippen LogP contribution in [0.3, 0.4) is 0 Å². The van der Waals surface area contributed by atoms with E-state index in [1.165, 1.54) is 32.4 Å². The molecule has 22 heteroatoms. The standard InChI is InChI=1S/C34H41BBrClF3N8O7P/c1-8-52-56(50,53-15-9-14-48-18-21(16-43-48)35-54-32(2,3)33(4,5)55-35)19-20-10-11-24(28(51-7)26(20)37)45-31-42-17-22(34(38,39)40)29(47-31)44-23-12-13-25(36)46-27(23)30(49)41-6/h10-13,16-18H,8-9,14-15,19H2,1-7H3,(H,41,49)(H2,42,44,45,47). The summed E-state index contributed by atoms with van der Waals surface area (Å²) in [5.41, 5.74) is -1.05. The number of hydrogen-bond donors (Lipinski definition) is 3. The van der Waals surface area contributed by atoms with Crippen molar-refractivity contribution in [1.82, 2.24) is 30.0 Å². The van der Waals surface area contributed by atoms with Crippen molar-refractivity contribution in [2.75, 3.05) is 38.0 Å². The molecule has 0 aliphatic carbocycles. The Hall–Kier alpha value is -3.78. The van der Waals surface area contributed by atoms with Crippen molar-refractivity contribution < 1.29 is 45.6 Å². The number of aryl methyl sites for hydroxylation is 1. The van der Waals surface area contributed by atoms with Crippen LogP contribution in [0.15, 0.2) is 47.5 Å². The van der Waals surface area contributed by atoms with Gasteiger partial charge in [-0.2, -0.15) is 23.3 Å². The number of aromatic nitrogens is 5. The van der Waals surface area contributed by atoms with Gasteiger partial charge in [-0.3, -0.25) is 14.0 Å². The number of halogens is 5. The minimum absolute atomic E-state index is 0.0398. The van der Waals surface area contributed by atoms with E-state index in [0.717, 1.165) is 5.46 Å². The van der Waals surface area contributed by atoms with Gasteiger partial charge in [0.2, 0.25) is 5.95 Å². The third kappa shape index (κ3) is 10.0. The lowest BCUT2D eigenvalue weighted by molar-refractivity contribution is -0.137. The molecule has 1 unspecified atom stereocenters. The van der Waals surface area contributed by atoms with E-state index in [2.05, 4.69) is 51.9 Å². The van der Waals surface area contributed by atoms with Crippen molar-refractivity contribution in [2.45, 2.75) is 71.1 Å². The zero-order valence-electron chi connectivity index (χ0n) is 31.6. The van der Waals surface area contributed by atoms with Crippen molar-refractivity contribution in [3.8, 4) is 5.75 Å². The van der Waals surface area contributed by atoms with Crippen LogP contribution in [-0.4, -0.2) is 76.3 Å². The maximum atomic E-state index is 14.0. The second kappa shape index (κ2) is 17.4. The molecule has 1 aliphatic rings. The van der Waals surface area contributed by atoms with E-state index in [1.807, 2.05) is 33.9 Å². The zero-order valence-corrected chi connectivity index (χ0v) is 34.8. The minimum atomic E-state index is -4.85. The lowest BCUT2D eigenvalue weighted by Gasteiger charge is -2.32. The predicted octanol–water partition coefficient (Wildman–Crippen LogP) is 7.49. The molecule has 4 aromatic rings. The molecule has 0 bridgehead atoms. The molecule has 0 spiro atoms. The summed E-state index contributed by atoms with van der Waals surface area (Å²) in [6.45, 7) is 10.2. The second-order valence-electron chi connectivity index (χ2n) is 13.4. The van der Waals surface area contributed by atoms with Crippen LogP contribution in [0.5, 0.6) is 5.75 Å². The average Bonchev–Trinajstić information content (AvgIpc) is 3.68. The molecule has 1 atom stereocenters. The Morgan fingerprint density at radius 3 is 2.39 bits per heavy atom. The molecule has 4 heterocycles. The highest BCUT2D eigenvalue weighted by Crippen LogP contribution is 2.53. The molecule has 56 heavy (non-hydrogen) atoms. The van der Waals surface area contributed by atoms with Gasteiger partial charge in [0, 0.05) is 37.6 Å². The highest BCUT2D eigenvalue weighted by molar-refractivity contribution is 9.10. The van der Waals surface area contributed by atoms with Gasteiger partial charge >= 0.3 is 20.9 Å². The summed E-state index contributed by atoms with van der Waals surface area (Å²) in [5, 5.41) is 12.2. The summed E-state index contributed by atoms with van der Waals surface area (Å²) in [6, 6.07) is 5.89. The Morgan fingerprint density at radius 2 is 1.75 bits per heavy atom. The van der Waals surface area contributed by atoms with Gasteiger partial charge < -0.3 is 39.0 Å². The van der Waals surface area contributed by atoms with Crippen molar-refractivity contribution in [3.05, 3.63) is 69.3 Å². The molecule has 15 nitrogen and oxygen atoms in total. The molecule has 3 aromatic heterocycles. The molecule has 0 saturated carbocycles. The number of carbonyl (C=O) groups excluding carboxylic acids is 1. The summed E-state index contributed by atoms with van der Waals surface area (Å²) >= 11 is 9.90. The van der Waals surface area contributed by atoms with Crippen LogP contribution in [0.4, 0.5) is 36.3 Å². The Kier molecular flexibility index (Phi) is 13.5. The summed E-state index contributed by atoms with van der Waals surface area (Å²) in [7, 11) is -1.58. The average molecular weight is 888 g/mol. The number of hydrogen-bond acceptors (Lipinski definition) is 13. The Bertz CT molecular complexity index is 2100. The zero-order chi connectivity index (χ0) is 41.1. The van der Waals surface area contributed by atoms with Crippen molar-refractivity contribution in [2.24, 2.45) is 0 Å². The SMILES string of the molecule is CCOP(=O)(Cc1ccc(Nc2ncc(C(F)(F)F)c(Nc3ccc(Br)nc3C(=O)NC)n2)c(OC)c1Cl)OCCCn1cc(B2OC(C)(C)C(C)(C)O2)cn1. The Morgan fingerprint density at radius 1 is 1.05 bits per heavy atom. The van der Waals surface area contributed by atoms with Gasteiger partial charge in [-0.25, -0.2) is 9.97 Å². The number of nitrogens with zero attached hydrogens (tertiary/aromatic N) is 5. The first-order valence-corrected chi connectivity index (χ1v) is 20.2. The second-order valence-corrected chi connectivity index (χ2v) is 16.7. The number of pyridine rings is 1.